The molecule has 3 N–H and O–H groups in total. The van der Waals surface area contributed by atoms with Crippen molar-refractivity contribution >= 4 is 17.9 Å². The lowest BCUT2D eigenvalue weighted by Gasteiger charge is -2.10. The van der Waals surface area contributed by atoms with Gasteiger partial charge in [-0.2, -0.15) is 13.2 Å². The summed E-state index contributed by atoms with van der Waals surface area (Å²) in [6, 6.07) is 12.7. The van der Waals surface area contributed by atoms with Crippen LogP contribution in [0.15, 0.2) is 54.6 Å². The third kappa shape index (κ3) is 5.87. The molecule has 2 aromatic rings. The van der Waals surface area contributed by atoms with Crippen LogP contribution in [-0.2, 0) is 17.5 Å². The molecule has 7 heteroatoms. The van der Waals surface area contributed by atoms with Crippen LogP contribution in [0.1, 0.15) is 16.7 Å². The van der Waals surface area contributed by atoms with Gasteiger partial charge in [0.15, 0.2) is 0 Å². The monoisotopic (exact) mass is 350 g/mol. The number of ether oxygens (including phenoxy) is 1. The van der Waals surface area contributed by atoms with Crippen LogP contribution < -0.4 is 11.1 Å². The zero-order chi connectivity index (χ0) is 18.3. The summed E-state index contributed by atoms with van der Waals surface area (Å²) in [4.78, 5) is 11.5. The quantitative estimate of drug-likeness (QED) is 0.793. The summed E-state index contributed by atoms with van der Waals surface area (Å²) in [7, 11) is 0. The molecule has 132 valence electrons. The molecule has 0 bridgehead atoms. The van der Waals surface area contributed by atoms with Gasteiger partial charge in [0.2, 0.25) is 0 Å². The van der Waals surface area contributed by atoms with E-state index in [1.54, 1.807) is 12.2 Å². The maximum atomic E-state index is 12.6. The first-order valence-corrected chi connectivity index (χ1v) is 7.44. The number of anilines is 1. The molecule has 0 aliphatic heterocycles. The summed E-state index contributed by atoms with van der Waals surface area (Å²) in [5.41, 5.74) is 5.57. The van der Waals surface area contributed by atoms with E-state index in [2.05, 4.69) is 5.32 Å². The number of nitrogen functional groups attached to an aromatic ring is 1. The average molecular weight is 350 g/mol. The second kappa shape index (κ2) is 8.23. The van der Waals surface area contributed by atoms with Crippen molar-refractivity contribution < 1.29 is 22.7 Å². The number of halogens is 3. The van der Waals surface area contributed by atoms with Crippen LogP contribution in [0.4, 0.5) is 23.7 Å². The number of benzene rings is 2. The molecule has 0 aliphatic rings. The third-order valence-electron chi connectivity index (χ3n) is 3.27. The predicted molar refractivity (Wildman–Crippen MR) is 89.5 cm³/mol. The van der Waals surface area contributed by atoms with Gasteiger partial charge < -0.3 is 15.8 Å². The Bertz CT molecular complexity index is 744. The number of nitrogens with two attached hydrogens (primary N) is 1. The molecule has 0 saturated carbocycles. The summed E-state index contributed by atoms with van der Waals surface area (Å²) in [6.07, 6.45) is -1.91. The van der Waals surface area contributed by atoms with Crippen molar-refractivity contribution in [2.24, 2.45) is 0 Å². The van der Waals surface area contributed by atoms with Gasteiger partial charge in [0.1, 0.15) is 6.61 Å². The number of carbonyl (C=O) groups is 1. The van der Waals surface area contributed by atoms with E-state index in [0.29, 0.717) is 5.56 Å². The van der Waals surface area contributed by atoms with Crippen LogP contribution in [-0.4, -0.2) is 12.6 Å². The maximum absolute atomic E-state index is 12.6. The summed E-state index contributed by atoms with van der Waals surface area (Å²) in [5.74, 6) is 0. The first kappa shape index (κ1) is 18.4. The lowest BCUT2D eigenvalue weighted by atomic mass is 10.1. The van der Waals surface area contributed by atoms with Crippen molar-refractivity contribution in [3.05, 3.63) is 71.3 Å². The minimum atomic E-state index is -4.48. The Hall–Kier alpha value is -2.96. The molecule has 4 nitrogen and oxygen atoms in total. The van der Waals surface area contributed by atoms with E-state index in [-0.39, 0.29) is 18.8 Å². The number of alkyl carbamates (subject to hydrolysis) is 1. The lowest BCUT2D eigenvalue weighted by Crippen LogP contribution is -2.24. The standard InChI is InChI=1S/C18H17F3N2O2/c19-18(20,21)15-9-8-13(11-16(15)22)7-4-10-23-17(24)25-12-14-5-2-1-3-6-14/h1-9,11H,10,12,22H2,(H,23,24). The lowest BCUT2D eigenvalue weighted by molar-refractivity contribution is -0.136. The number of amides is 1. The highest BCUT2D eigenvalue weighted by Crippen LogP contribution is 2.33. The van der Waals surface area contributed by atoms with Gasteiger partial charge in [0.25, 0.3) is 0 Å². The molecule has 0 saturated heterocycles. The second-order valence-electron chi connectivity index (χ2n) is 5.19. The molecule has 0 fully saturated rings. The summed E-state index contributed by atoms with van der Waals surface area (Å²) < 4.78 is 42.9. The Morgan fingerprint density at radius 3 is 2.52 bits per heavy atom. The highest BCUT2D eigenvalue weighted by Gasteiger charge is 2.32. The minimum absolute atomic E-state index is 0.159. The van der Waals surface area contributed by atoms with Crippen molar-refractivity contribution in [2.45, 2.75) is 12.8 Å². The van der Waals surface area contributed by atoms with Crippen LogP contribution >= 0.6 is 0 Å². The smallest absolute Gasteiger partial charge is 0.418 e. The van der Waals surface area contributed by atoms with Crippen molar-refractivity contribution in [1.29, 1.82) is 0 Å². The van der Waals surface area contributed by atoms with Gasteiger partial charge in [-0.1, -0.05) is 48.6 Å². The Labute approximate surface area is 143 Å². The van der Waals surface area contributed by atoms with Crippen molar-refractivity contribution in [1.82, 2.24) is 5.32 Å². The van der Waals surface area contributed by atoms with Crippen molar-refractivity contribution in [3.63, 3.8) is 0 Å². The molecular weight excluding hydrogens is 333 g/mol. The topological polar surface area (TPSA) is 64.3 Å². The normalized spacial score (nSPS) is 11.5. The Balaban J connectivity index is 1.79. The van der Waals surface area contributed by atoms with Gasteiger partial charge in [0, 0.05) is 12.2 Å². The minimum Gasteiger partial charge on any atom is -0.445 e. The van der Waals surface area contributed by atoms with E-state index >= 15 is 0 Å². The molecule has 0 aromatic heterocycles. The van der Waals surface area contributed by atoms with E-state index in [0.717, 1.165) is 11.6 Å². The van der Waals surface area contributed by atoms with Crippen LogP contribution in [0, 0.1) is 0 Å². The van der Waals surface area contributed by atoms with E-state index < -0.39 is 17.8 Å². The van der Waals surface area contributed by atoms with Crippen LogP contribution in [0.3, 0.4) is 0 Å². The number of hydrogen-bond acceptors (Lipinski definition) is 3. The SMILES string of the molecule is Nc1cc(C=CCNC(=O)OCc2ccccc2)ccc1C(F)(F)F. The van der Waals surface area contributed by atoms with Gasteiger partial charge >= 0.3 is 12.3 Å². The highest BCUT2D eigenvalue weighted by atomic mass is 19.4. The Morgan fingerprint density at radius 1 is 1.16 bits per heavy atom. The molecule has 0 radical (unpaired) electrons. The van der Waals surface area contributed by atoms with Gasteiger partial charge in [-0.15, -0.1) is 0 Å². The van der Waals surface area contributed by atoms with Gasteiger partial charge in [-0.25, -0.2) is 4.79 Å². The summed E-state index contributed by atoms with van der Waals surface area (Å²) in [6.45, 7) is 0.334. The number of alkyl halides is 3. The first-order chi connectivity index (χ1) is 11.9. The first-order valence-electron chi connectivity index (χ1n) is 7.44. The van der Waals surface area contributed by atoms with Crippen LogP contribution in [0.2, 0.25) is 0 Å². The fraction of sp³-hybridized carbons (Fsp3) is 0.167. The Kier molecular flexibility index (Phi) is 6.05. The number of hydrogen-bond donors (Lipinski definition) is 2. The van der Waals surface area contributed by atoms with Gasteiger partial charge in [-0.3, -0.25) is 0 Å². The molecule has 0 heterocycles. The summed E-state index contributed by atoms with van der Waals surface area (Å²) in [5, 5.41) is 2.51. The Morgan fingerprint density at radius 2 is 1.88 bits per heavy atom. The third-order valence-corrected chi connectivity index (χ3v) is 3.27. The van der Waals surface area contributed by atoms with E-state index in [1.807, 2.05) is 30.3 Å². The zero-order valence-electron chi connectivity index (χ0n) is 13.2. The summed E-state index contributed by atoms with van der Waals surface area (Å²) >= 11 is 0. The molecule has 0 aliphatic carbocycles. The van der Waals surface area contributed by atoms with E-state index in [1.165, 1.54) is 12.1 Å². The predicted octanol–water partition coefficient (Wildman–Crippen LogP) is 4.23. The molecule has 0 atom stereocenters. The van der Waals surface area contributed by atoms with Crippen LogP contribution in [0.25, 0.3) is 6.08 Å². The molecule has 1 amide bonds. The largest absolute Gasteiger partial charge is 0.445 e. The zero-order valence-corrected chi connectivity index (χ0v) is 13.2. The number of carbonyl (C=O) groups excluding carboxylic acids is 1. The second-order valence-corrected chi connectivity index (χ2v) is 5.19. The fourth-order valence-electron chi connectivity index (χ4n) is 2.05. The number of rotatable bonds is 5. The molecule has 0 unspecified atom stereocenters. The fourth-order valence-corrected chi connectivity index (χ4v) is 2.05. The van der Waals surface area contributed by atoms with Gasteiger partial charge in [0.05, 0.1) is 5.56 Å². The van der Waals surface area contributed by atoms with Crippen molar-refractivity contribution in [3.8, 4) is 0 Å². The maximum Gasteiger partial charge on any atom is 0.418 e. The molecular formula is C18H17F3N2O2. The molecule has 0 spiro atoms. The van der Waals surface area contributed by atoms with Gasteiger partial charge in [-0.05, 0) is 23.3 Å². The molecule has 25 heavy (non-hydrogen) atoms. The average Bonchev–Trinajstić information content (AvgIpc) is 2.57. The van der Waals surface area contributed by atoms with Crippen LogP contribution in [0.5, 0.6) is 0 Å². The van der Waals surface area contributed by atoms with E-state index in [9.17, 15) is 18.0 Å². The van der Waals surface area contributed by atoms with E-state index in [4.69, 9.17) is 10.5 Å². The van der Waals surface area contributed by atoms with Crippen molar-refractivity contribution in [2.75, 3.05) is 12.3 Å². The molecule has 2 aromatic carbocycles. The number of nitrogens with one attached hydrogen (secondary N) is 1. The molecule has 2 rings (SSSR count). The highest BCUT2D eigenvalue weighted by molar-refractivity contribution is 5.67.